The summed E-state index contributed by atoms with van der Waals surface area (Å²) in [6, 6.07) is 0. The maximum Gasteiger partial charge on any atom is 0.160 e. The maximum absolute atomic E-state index is 5.76. The predicted octanol–water partition coefficient (Wildman–Crippen LogP) is 3.85. The van der Waals surface area contributed by atoms with E-state index in [1.54, 1.807) is 0 Å². The molecule has 0 aromatic carbocycles. The molecular formula is C15H28O2. The van der Waals surface area contributed by atoms with Gasteiger partial charge >= 0.3 is 0 Å². The third kappa shape index (κ3) is 2.68. The Kier molecular flexibility index (Phi) is 4.14. The second-order valence-electron chi connectivity index (χ2n) is 6.32. The molecule has 0 aromatic heterocycles. The lowest BCUT2D eigenvalue weighted by Gasteiger charge is -2.58. The van der Waals surface area contributed by atoms with Crippen LogP contribution in [-0.4, -0.2) is 19.5 Å². The van der Waals surface area contributed by atoms with Crippen LogP contribution in [0.25, 0.3) is 0 Å². The molecule has 0 aromatic rings. The highest BCUT2D eigenvalue weighted by molar-refractivity contribution is 5.02. The van der Waals surface area contributed by atoms with Crippen molar-refractivity contribution in [1.29, 1.82) is 0 Å². The van der Waals surface area contributed by atoms with Crippen molar-refractivity contribution in [1.82, 2.24) is 0 Å². The molecule has 3 fully saturated rings. The molecule has 2 aliphatic carbocycles. The first kappa shape index (κ1) is 13.4. The predicted molar refractivity (Wildman–Crippen MR) is 69.8 cm³/mol. The molecule has 0 radical (unpaired) electrons. The summed E-state index contributed by atoms with van der Waals surface area (Å²) in [5.74, 6) is 2.25. The minimum Gasteiger partial charge on any atom is -0.352 e. The van der Waals surface area contributed by atoms with Gasteiger partial charge < -0.3 is 9.47 Å². The average molecular weight is 240 g/mol. The Hall–Kier alpha value is -0.0800. The van der Waals surface area contributed by atoms with E-state index in [9.17, 15) is 0 Å². The molecule has 1 heterocycles. The number of hydrogen-bond donors (Lipinski definition) is 0. The zero-order valence-electron chi connectivity index (χ0n) is 11.9. The summed E-state index contributed by atoms with van der Waals surface area (Å²) in [7, 11) is 0. The molecule has 1 spiro atoms. The Bertz CT molecular complexity index is 229. The summed E-state index contributed by atoms with van der Waals surface area (Å²) < 4.78 is 11.5. The van der Waals surface area contributed by atoms with E-state index < -0.39 is 0 Å². The van der Waals surface area contributed by atoms with E-state index in [0.29, 0.717) is 11.8 Å². The van der Waals surface area contributed by atoms with Crippen molar-refractivity contribution < 1.29 is 9.47 Å². The lowest BCUT2D eigenvalue weighted by atomic mass is 9.48. The molecule has 3 aliphatic rings. The number of hydrogen-bond acceptors (Lipinski definition) is 2. The maximum atomic E-state index is 5.76. The molecule has 17 heavy (non-hydrogen) atoms. The van der Waals surface area contributed by atoms with Crippen LogP contribution in [0.3, 0.4) is 0 Å². The van der Waals surface area contributed by atoms with Crippen LogP contribution in [0.5, 0.6) is 0 Å². The van der Waals surface area contributed by atoms with Crippen LogP contribution in [0.4, 0.5) is 0 Å². The normalized spacial score (nSPS) is 48.7. The first-order chi connectivity index (χ1) is 8.17. The lowest BCUT2D eigenvalue weighted by Crippen LogP contribution is -2.52. The van der Waals surface area contributed by atoms with Gasteiger partial charge in [-0.2, -0.15) is 0 Å². The molecule has 0 amide bonds. The van der Waals surface area contributed by atoms with Crippen LogP contribution in [0, 0.1) is 23.2 Å². The van der Waals surface area contributed by atoms with Crippen LogP contribution in [0.15, 0.2) is 0 Å². The Balaban J connectivity index is 0.000000514. The first-order valence-corrected chi connectivity index (χ1v) is 7.40. The molecule has 2 nitrogen and oxygen atoms in total. The van der Waals surface area contributed by atoms with Gasteiger partial charge in [0, 0.05) is 11.8 Å². The van der Waals surface area contributed by atoms with Gasteiger partial charge in [0.2, 0.25) is 0 Å². The van der Waals surface area contributed by atoms with Crippen molar-refractivity contribution in [2.75, 3.05) is 13.2 Å². The zero-order valence-corrected chi connectivity index (χ0v) is 11.9. The van der Waals surface area contributed by atoms with Crippen molar-refractivity contribution in [2.45, 2.75) is 59.7 Å². The highest BCUT2D eigenvalue weighted by atomic mass is 16.7. The summed E-state index contributed by atoms with van der Waals surface area (Å²) in [6.07, 6.45) is 5.74. The monoisotopic (exact) mass is 240 g/mol. The van der Waals surface area contributed by atoms with Crippen LogP contribution in [0.2, 0.25) is 0 Å². The first-order valence-electron chi connectivity index (χ1n) is 7.40. The van der Waals surface area contributed by atoms with Crippen molar-refractivity contribution in [3.05, 3.63) is 0 Å². The fraction of sp³-hybridized carbons (Fsp3) is 1.00. The molecule has 2 saturated carbocycles. The number of ether oxygens (including phenoxy) is 2. The minimum absolute atomic E-state index is 0.128. The van der Waals surface area contributed by atoms with Gasteiger partial charge in [0.15, 0.2) is 6.29 Å². The van der Waals surface area contributed by atoms with Crippen molar-refractivity contribution in [3.63, 3.8) is 0 Å². The largest absolute Gasteiger partial charge is 0.352 e. The van der Waals surface area contributed by atoms with Gasteiger partial charge in [0.25, 0.3) is 0 Å². The smallest absolute Gasteiger partial charge is 0.160 e. The van der Waals surface area contributed by atoms with E-state index in [4.69, 9.17) is 9.47 Å². The molecule has 0 bridgehead atoms. The summed E-state index contributed by atoms with van der Waals surface area (Å²) >= 11 is 0. The molecule has 100 valence electrons. The second-order valence-corrected chi connectivity index (χ2v) is 6.32. The van der Waals surface area contributed by atoms with Gasteiger partial charge in [0.05, 0.1) is 13.2 Å². The van der Waals surface area contributed by atoms with Gasteiger partial charge in [-0.25, -0.2) is 0 Å². The van der Waals surface area contributed by atoms with Crippen LogP contribution in [-0.2, 0) is 9.47 Å². The topological polar surface area (TPSA) is 18.5 Å². The summed E-state index contributed by atoms with van der Waals surface area (Å²) in [6.45, 7) is 10.3. The van der Waals surface area contributed by atoms with Crippen LogP contribution < -0.4 is 0 Å². The highest BCUT2D eigenvalue weighted by Crippen LogP contribution is 2.62. The van der Waals surface area contributed by atoms with Crippen molar-refractivity contribution in [3.8, 4) is 0 Å². The number of rotatable bonds is 1. The average Bonchev–Trinajstić information content (AvgIpc) is 2.26. The zero-order chi connectivity index (χ0) is 12.5. The fourth-order valence-electron chi connectivity index (χ4n) is 3.88. The molecule has 3 rings (SSSR count). The lowest BCUT2D eigenvalue weighted by molar-refractivity contribution is -0.258. The molecule has 0 atom stereocenters. The van der Waals surface area contributed by atoms with E-state index >= 15 is 0 Å². The van der Waals surface area contributed by atoms with Crippen LogP contribution in [0.1, 0.15) is 53.4 Å². The molecule has 0 N–H and O–H groups in total. The Labute approximate surface area is 106 Å². The molecular weight excluding hydrogens is 212 g/mol. The van der Waals surface area contributed by atoms with Gasteiger partial charge in [-0.15, -0.1) is 0 Å². The standard InChI is InChI=1S/C13H22O2.C2H6/c1-9-3-13(4-9)5-11(6-13)12-14-7-10(2)8-15-12;1-2/h9-12H,3-8H2,1-2H3;1-2H3. The molecule has 0 unspecified atom stereocenters. The molecule has 1 saturated heterocycles. The Morgan fingerprint density at radius 3 is 1.82 bits per heavy atom. The third-order valence-corrected chi connectivity index (χ3v) is 4.43. The van der Waals surface area contributed by atoms with E-state index in [1.807, 2.05) is 13.8 Å². The van der Waals surface area contributed by atoms with E-state index in [1.165, 1.54) is 25.7 Å². The second kappa shape index (κ2) is 5.27. The molecule has 2 heteroatoms. The Morgan fingerprint density at radius 1 is 0.824 bits per heavy atom. The van der Waals surface area contributed by atoms with Gasteiger partial charge in [-0.1, -0.05) is 27.7 Å². The van der Waals surface area contributed by atoms with E-state index in [0.717, 1.165) is 24.5 Å². The van der Waals surface area contributed by atoms with Gasteiger partial charge in [-0.3, -0.25) is 0 Å². The van der Waals surface area contributed by atoms with Crippen LogP contribution >= 0.6 is 0 Å². The van der Waals surface area contributed by atoms with Crippen molar-refractivity contribution >= 4 is 0 Å². The van der Waals surface area contributed by atoms with Gasteiger partial charge in [0.1, 0.15) is 0 Å². The summed E-state index contributed by atoms with van der Waals surface area (Å²) in [4.78, 5) is 0. The SMILES string of the molecule is CC.CC1COC(C2CC3(CC(C)C3)C2)OC1. The summed E-state index contributed by atoms with van der Waals surface area (Å²) in [5, 5.41) is 0. The van der Waals surface area contributed by atoms with Gasteiger partial charge in [-0.05, 0) is 37.0 Å². The third-order valence-electron chi connectivity index (χ3n) is 4.43. The molecule has 1 aliphatic heterocycles. The Morgan fingerprint density at radius 2 is 1.35 bits per heavy atom. The van der Waals surface area contributed by atoms with Crippen molar-refractivity contribution in [2.24, 2.45) is 23.2 Å². The summed E-state index contributed by atoms with van der Waals surface area (Å²) in [5.41, 5.74) is 0.722. The van der Waals surface area contributed by atoms with E-state index in [-0.39, 0.29) is 6.29 Å². The minimum atomic E-state index is 0.128. The van der Waals surface area contributed by atoms with E-state index in [2.05, 4.69) is 13.8 Å². The fourth-order valence-corrected chi connectivity index (χ4v) is 3.88. The quantitative estimate of drug-likeness (QED) is 0.693. The highest BCUT2D eigenvalue weighted by Gasteiger charge is 2.54.